The van der Waals surface area contributed by atoms with Crippen molar-refractivity contribution >= 4 is 57.8 Å². The van der Waals surface area contributed by atoms with Crippen LogP contribution in [-0.2, 0) is 16.1 Å². The third kappa shape index (κ3) is 4.68. The first-order valence-electron chi connectivity index (χ1n) is 10.2. The van der Waals surface area contributed by atoms with Crippen molar-refractivity contribution in [1.29, 1.82) is 0 Å². The number of nitrogens with zero attached hydrogens (tertiary/aromatic N) is 1. The topological polar surface area (TPSA) is 81.0 Å². The Balaban J connectivity index is 1.21. The molecule has 2 aliphatic heterocycles. The molecule has 1 saturated heterocycles. The van der Waals surface area contributed by atoms with Gasteiger partial charge in [-0.15, -0.1) is 0 Å². The lowest BCUT2D eigenvalue weighted by molar-refractivity contribution is -0.128. The summed E-state index contributed by atoms with van der Waals surface area (Å²) >= 11 is 12.7. The van der Waals surface area contributed by atoms with Gasteiger partial charge in [-0.2, -0.15) is 0 Å². The van der Waals surface area contributed by atoms with Crippen LogP contribution in [0.5, 0.6) is 11.5 Å². The van der Waals surface area contributed by atoms with E-state index in [1.165, 1.54) is 4.90 Å². The number of halogens is 1. The van der Waals surface area contributed by atoms with Gasteiger partial charge >= 0.3 is 0 Å². The summed E-state index contributed by atoms with van der Waals surface area (Å²) in [4.78, 5) is 27.0. The van der Waals surface area contributed by atoms with Crippen molar-refractivity contribution < 1.29 is 23.5 Å². The highest BCUT2D eigenvalue weighted by atomic mass is 35.5. The van der Waals surface area contributed by atoms with E-state index in [-0.39, 0.29) is 31.7 Å². The monoisotopic (exact) mass is 512 g/mol. The maximum atomic E-state index is 12.9. The number of thiocarbonyl (C=S) groups is 1. The molecule has 0 spiro atoms. The number of carbonyl (C=O) groups excluding carboxylic acids is 2. The normalized spacial score (nSPS) is 15.9. The molecule has 1 aromatic heterocycles. The Morgan fingerprint density at radius 3 is 2.82 bits per heavy atom. The minimum absolute atomic E-state index is 0.171. The molecular weight excluding hydrogens is 496 g/mol. The van der Waals surface area contributed by atoms with Gasteiger partial charge in [0.25, 0.3) is 5.91 Å². The molecule has 0 atom stereocenters. The van der Waals surface area contributed by atoms with E-state index in [4.69, 9.17) is 37.7 Å². The van der Waals surface area contributed by atoms with Gasteiger partial charge in [0.1, 0.15) is 22.4 Å². The van der Waals surface area contributed by atoms with Crippen LogP contribution >= 0.6 is 35.6 Å². The fourth-order valence-corrected chi connectivity index (χ4v) is 4.92. The van der Waals surface area contributed by atoms with Gasteiger partial charge < -0.3 is 19.2 Å². The van der Waals surface area contributed by atoms with Crippen LogP contribution < -0.4 is 14.8 Å². The zero-order valence-corrected chi connectivity index (χ0v) is 20.0. The van der Waals surface area contributed by atoms with Crippen molar-refractivity contribution in [3.63, 3.8) is 0 Å². The van der Waals surface area contributed by atoms with E-state index in [2.05, 4.69) is 5.32 Å². The summed E-state index contributed by atoms with van der Waals surface area (Å²) in [7, 11) is 0. The van der Waals surface area contributed by atoms with Crippen LogP contribution in [0.1, 0.15) is 11.3 Å². The number of rotatable bonds is 6. The van der Waals surface area contributed by atoms with Crippen LogP contribution in [0.3, 0.4) is 0 Å². The van der Waals surface area contributed by atoms with Crippen molar-refractivity contribution in [2.45, 2.75) is 6.54 Å². The Labute approximate surface area is 209 Å². The van der Waals surface area contributed by atoms with E-state index >= 15 is 0 Å². The first-order chi connectivity index (χ1) is 16.5. The molecule has 3 aromatic rings. The van der Waals surface area contributed by atoms with E-state index in [1.807, 2.05) is 30.3 Å². The second-order valence-electron chi connectivity index (χ2n) is 7.41. The lowest BCUT2D eigenvalue weighted by atomic mass is 10.2. The number of hydrogen-bond acceptors (Lipinski definition) is 7. The number of benzene rings is 2. The molecule has 2 aromatic carbocycles. The number of nitrogens with one attached hydrogen (secondary N) is 1. The molecule has 0 bridgehead atoms. The van der Waals surface area contributed by atoms with Crippen LogP contribution in [0.2, 0.25) is 5.02 Å². The summed E-state index contributed by atoms with van der Waals surface area (Å²) in [6, 6.07) is 16.3. The minimum atomic E-state index is -0.344. The van der Waals surface area contributed by atoms with Gasteiger partial charge in [0.05, 0.1) is 9.93 Å². The van der Waals surface area contributed by atoms with Crippen LogP contribution in [0.15, 0.2) is 63.9 Å². The van der Waals surface area contributed by atoms with Gasteiger partial charge in [-0.05, 0) is 42.0 Å². The van der Waals surface area contributed by atoms with Gasteiger partial charge in [0.15, 0.2) is 11.5 Å². The maximum Gasteiger partial charge on any atom is 0.266 e. The van der Waals surface area contributed by atoms with Crippen LogP contribution in [0.25, 0.3) is 17.4 Å². The van der Waals surface area contributed by atoms with Crippen LogP contribution in [0.4, 0.5) is 0 Å². The summed E-state index contributed by atoms with van der Waals surface area (Å²) in [6.45, 7) is 0.305. The van der Waals surface area contributed by atoms with E-state index in [0.29, 0.717) is 37.3 Å². The second kappa shape index (κ2) is 9.54. The molecule has 1 N–H and O–H groups in total. The summed E-state index contributed by atoms with van der Waals surface area (Å²) < 4.78 is 16.8. The minimum Gasteiger partial charge on any atom is -0.457 e. The fourth-order valence-electron chi connectivity index (χ4n) is 3.45. The zero-order valence-electron chi connectivity index (χ0n) is 17.6. The van der Waals surface area contributed by atoms with Crippen molar-refractivity contribution in [1.82, 2.24) is 10.2 Å². The Kier molecular flexibility index (Phi) is 6.32. The van der Waals surface area contributed by atoms with Crippen molar-refractivity contribution in [3.05, 3.63) is 75.8 Å². The number of carbonyl (C=O) groups is 2. The molecule has 10 heteroatoms. The summed E-state index contributed by atoms with van der Waals surface area (Å²) in [5.74, 6) is 1.73. The van der Waals surface area contributed by atoms with Crippen molar-refractivity contribution in [3.8, 4) is 22.8 Å². The first kappa shape index (κ1) is 22.5. The van der Waals surface area contributed by atoms with Crippen LogP contribution in [0, 0.1) is 0 Å². The Hall–Kier alpha value is -3.27. The zero-order chi connectivity index (χ0) is 23.7. The number of furan rings is 1. The third-order valence-electron chi connectivity index (χ3n) is 5.14. The van der Waals surface area contributed by atoms with Crippen LogP contribution in [-0.4, -0.2) is 34.4 Å². The van der Waals surface area contributed by atoms with Crippen molar-refractivity contribution in [2.75, 3.05) is 13.3 Å². The molecule has 7 nitrogen and oxygen atoms in total. The molecule has 3 heterocycles. The standard InChI is InChI=1S/C24H17ClN2O5S2/c25-17-4-2-1-3-16(17)18-8-6-15(32-18)10-21-23(29)27(24(33)34-21)12-22(28)26-11-14-5-7-19-20(9-14)31-13-30-19/h1-10H,11-13H2,(H,26,28). The smallest absolute Gasteiger partial charge is 0.266 e. The van der Waals surface area contributed by atoms with E-state index < -0.39 is 0 Å². The van der Waals surface area contributed by atoms with Gasteiger partial charge in [-0.3, -0.25) is 14.5 Å². The summed E-state index contributed by atoms with van der Waals surface area (Å²) in [6.07, 6.45) is 1.62. The molecular formula is C24H17ClN2O5S2. The largest absolute Gasteiger partial charge is 0.457 e. The third-order valence-corrected chi connectivity index (χ3v) is 6.85. The average molecular weight is 513 g/mol. The number of ether oxygens (including phenoxy) is 2. The van der Waals surface area contributed by atoms with Gasteiger partial charge in [-0.1, -0.05) is 53.8 Å². The SMILES string of the molecule is O=C(CN1C(=O)C(=Cc2ccc(-c3ccccc3Cl)o2)SC1=S)NCc1ccc2c(c1)OCO2. The second-order valence-corrected chi connectivity index (χ2v) is 9.50. The summed E-state index contributed by atoms with van der Waals surface area (Å²) in [5, 5.41) is 3.37. The average Bonchev–Trinajstić information content (AvgIpc) is 3.54. The predicted molar refractivity (Wildman–Crippen MR) is 133 cm³/mol. The quantitative estimate of drug-likeness (QED) is 0.373. The first-order valence-corrected chi connectivity index (χ1v) is 11.8. The fraction of sp³-hybridized carbons (Fsp3) is 0.125. The van der Waals surface area contributed by atoms with E-state index in [0.717, 1.165) is 22.9 Å². The Morgan fingerprint density at radius 1 is 1.15 bits per heavy atom. The highest BCUT2D eigenvalue weighted by molar-refractivity contribution is 8.26. The molecule has 2 aliphatic rings. The lowest BCUT2D eigenvalue weighted by Gasteiger charge is -2.14. The number of thioether (sulfide) groups is 1. The Morgan fingerprint density at radius 2 is 1.97 bits per heavy atom. The lowest BCUT2D eigenvalue weighted by Crippen LogP contribution is -2.39. The summed E-state index contributed by atoms with van der Waals surface area (Å²) in [5.41, 5.74) is 1.62. The molecule has 0 saturated carbocycles. The van der Waals surface area contributed by atoms with Gasteiger partial charge in [0.2, 0.25) is 12.7 Å². The maximum absolute atomic E-state index is 12.9. The molecule has 2 amide bonds. The highest BCUT2D eigenvalue weighted by Gasteiger charge is 2.33. The van der Waals surface area contributed by atoms with Gasteiger partial charge in [0, 0.05) is 18.2 Å². The molecule has 5 rings (SSSR count). The molecule has 34 heavy (non-hydrogen) atoms. The predicted octanol–water partition coefficient (Wildman–Crippen LogP) is 4.85. The number of fused-ring (bicyclic) bond motifs is 1. The van der Waals surface area contributed by atoms with Crippen molar-refractivity contribution in [2.24, 2.45) is 0 Å². The molecule has 0 aliphatic carbocycles. The molecule has 172 valence electrons. The number of amides is 2. The molecule has 0 radical (unpaired) electrons. The molecule has 0 unspecified atom stereocenters. The van der Waals surface area contributed by atoms with E-state index in [9.17, 15) is 9.59 Å². The number of hydrogen-bond donors (Lipinski definition) is 1. The Bertz CT molecular complexity index is 1340. The molecule has 1 fully saturated rings. The highest BCUT2D eigenvalue weighted by Crippen LogP contribution is 2.35. The van der Waals surface area contributed by atoms with E-state index in [1.54, 1.807) is 30.3 Å². The van der Waals surface area contributed by atoms with Gasteiger partial charge in [-0.25, -0.2) is 0 Å².